The summed E-state index contributed by atoms with van der Waals surface area (Å²) in [5.41, 5.74) is 1.09. The van der Waals surface area contributed by atoms with Crippen LogP contribution in [0.1, 0.15) is 6.42 Å². The number of ether oxygens (including phenoxy) is 1. The molecule has 2 aromatic rings. The summed E-state index contributed by atoms with van der Waals surface area (Å²) in [5, 5.41) is 3.70. The number of fused-ring (bicyclic) bond motifs is 1. The van der Waals surface area contributed by atoms with Crippen LogP contribution in [0.2, 0.25) is 0 Å². The van der Waals surface area contributed by atoms with Gasteiger partial charge in [0.05, 0.1) is 12.6 Å². The van der Waals surface area contributed by atoms with Gasteiger partial charge in [0.1, 0.15) is 5.75 Å². The van der Waals surface area contributed by atoms with Gasteiger partial charge in [0.2, 0.25) is 5.91 Å². The summed E-state index contributed by atoms with van der Waals surface area (Å²) in [5.74, 6) is 0.913. The molecule has 0 unspecified atom stereocenters. The van der Waals surface area contributed by atoms with Gasteiger partial charge in [-0.05, 0) is 18.2 Å². The zero-order valence-corrected chi connectivity index (χ0v) is 10.1. The Morgan fingerprint density at radius 3 is 2.94 bits per heavy atom. The molecule has 0 spiro atoms. The molecule has 1 aromatic carbocycles. The molecule has 0 saturated heterocycles. The van der Waals surface area contributed by atoms with Crippen molar-refractivity contribution in [2.75, 3.05) is 14.2 Å². The summed E-state index contributed by atoms with van der Waals surface area (Å²) in [4.78, 5) is 11.2. The highest BCUT2D eigenvalue weighted by atomic mass is 16.5. The molecule has 0 fully saturated rings. The summed E-state index contributed by atoms with van der Waals surface area (Å²) in [6, 6.07) is 7.93. The Morgan fingerprint density at radius 2 is 2.24 bits per heavy atom. The molecule has 2 rings (SSSR count). The number of nitrogens with zero attached hydrogens (tertiary/aromatic N) is 1. The number of carbonyl (C=O) groups excluding carboxylic acids is 1. The van der Waals surface area contributed by atoms with E-state index in [1.54, 1.807) is 14.2 Å². The van der Waals surface area contributed by atoms with E-state index in [0.717, 1.165) is 16.7 Å². The number of hydrogen-bond acceptors (Lipinski definition) is 2. The first-order chi connectivity index (χ1) is 8.26. The van der Waals surface area contributed by atoms with Gasteiger partial charge in [0.25, 0.3) is 0 Å². The monoisotopic (exact) mass is 232 g/mol. The van der Waals surface area contributed by atoms with Crippen molar-refractivity contribution < 1.29 is 9.53 Å². The third-order valence-corrected chi connectivity index (χ3v) is 2.85. The van der Waals surface area contributed by atoms with Crippen molar-refractivity contribution in [1.82, 2.24) is 9.88 Å². The molecule has 90 valence electrons. The van der Waals surface area contributed by atoms with Gasteiger partial charge < -0.3 is 14.6 Å². The number of amides is 1. The van der Waals surface area contributed by atoms with E-state index in [9.17, 15) is 4.79 Å². The van der Waals surface area contributed by atoms with Gasteiger partial charge in [-0.2, -0.15) is 0 Å². The second kappa shape index (κ2) is 4.91. The van der Waals surface area contributed by atoms with Crippen LogP contribution in [0, 0.1) is 0 Å². The van der Waals surface area contributed by atoms with Crippen LogP contribution >= 0.6 is 0 Å². The molecule has 1 N–H and O–H groups in total. The molecule has 0 atom stereocenters. The fraction of sp³-hybridized carbons (Fsp3) is 0.308. The topological polar surface area (TPSA) is 43.3 Å². The first-order valence-corrected chi connectivity index (χ1v) is 5.58. The molecule has 1 aromatic heterocycles. The molecule has 4 nitrogen and oxygen atoms in total. The number of nitrogens with one attached hydrogen (secondary N) is 1. The van der Waals surface area contributed by atoms with Crippen molar-refractivity contribution in [2.45, 2.75) is 13.0 Å². The van der Waals surface area contributed by atoms with Crippen molar-refractivity contribution in [3.63, 3.8) is 0 Å². The van der Waals surface area contributed by atoms with Crippen LogP contribution in [0.25, 0.3) is 10.9 Å². The van der Waals surface area contributed by atoms with Gasteiger partial charge in [-0.3, -0.25) is 4.79 Å². The summed E-state index contributed by atoms with van der Waals surface area (Å²) < 4.78 is 7.36. The lowest BCUT2D eigenvalue weighted by atomic mass is 10.2. The van der Waals surface area contributed by atoms with Crippen molar-refractivity contribution in [1.29, 1.82) is 0 Å². The number of rotatable bonds is 4. The van der Waals surface area contributed by atoms with Crippen LogP contribution in [0.15, 0.2) is 30.5 Å². The molecular formula is C13H16N2O2. The first-order valence-electron chi connectivity index (χ1n) is 5.58. The molecule has 0 saturated carbocycles. The maximum atomic E-state index is 11.2. The first kappa shape index (κ1) is 11.5. The van der Waals surface area contributed by atoms with Gasteiger partial charge in [0.15, 0.2) is 0 Å². The van der Waals surface area contributed by atoms with Crippen molar-refractivity contribution in [2.24, 2.45) is 0 Å². The Kier molecular flexibility index (Phi) is 3.32. The molecule has 0 bridgehead atoms. The fourth-order valence-electron chi connectivity index (χ4n) is 1.92. The molecule has 0 aliphatic carbocycles. The van der Waals surface area contributed by atoms with E-state index in [-0.39, 0.29) is 5.91 Å². The van der Waals surface area contributed by atoms with Gasteiger partial charge in [-0.1, -0.05) is 6.07 Å². The predicted molar refractivity (Wildman–Crippen MR) is 67.2 cm³/mol. The van der Waals surface area contributed by atoms with E-state index < -0.39 is 0 Å². The van der Waals surface area contributed by atoms with Crippen LogP contribution < -0.4 is 10.1 Å². The minimum absolute atomic E-state index is 0.0507. The SMILES string of the molecule is CNC(=O)CCn1ccc2c(OC)cccc21. The average Bonchev–Trinajstić information content (AvgIpc) is 2.78. The van der Waals surface area contributed by atoms with E-state index in [1.807, 2.05) is 30.5 Å². The van der Waals surface area contributed by atoms with Crippen molar-refractivity contribution >= 4 is 16.8 Å². The van der Waals surface area contributed by atoms with Crippen LogP contribution in [0.4, 0.5) is 0 Å². The minimum atomic E-state index is 0.0507. The van der Waals surface area contributed by atoms with Crippen LogP contribution in [0.3, 0.4) is 0 Å². The second-order valence-corrected chi connectivity index (χ2v) is 3.83. The number of aryl methyl sites for hydroxylation is 1. The molecule has 0 aliphatic heterocycles. The fourth-order valence-corrected chi connectivity index (χ4v) is 1.92. The largest absolute Gasteiger partial charge is 0.496 e. The summed E-state index contributed by atoms with van der Waals surface area (Å²) in [6.07, 6.45) is 2.47. The molecule has 1 heterocycles. The van der Waals surface area contributed by atoms with Gasteiger partial charge in [0, 0.05) is 31.6 Å². The summed E-state index contributed by atoms with van der Waals surface area (Å²) >= 11 is 0. The molecule has 0 aliphatic rings. The van der Waals surface area contributed by atoms with Gasteiger partial charge in [-0.15, -0.1) is 0 Å². The molecule has 1 amide bonds. The van der Waals surface area contributed by atoms with Crippen molar-refractivity contribution in [3.8, 4) is 5.75 Å². The minimum Gasteiger partial charge on any atom is -0.496 e. The number of carbonyl (C=O) groups is 1. The van der Waals surface area contributed by atoms with Gasteiger partial charge in [-0.25, -0.2) is 0 Å². The zero-order valence-electron chi connectivity index (χ0n) is 10.1. The van der Waals surface area contributed by atoms with Crippen LogP contribution in [-0.4, -0.2) is 24.6 Å². The molecule has 4 heteroatoms. The Morgan fingerprint density at radius 1 is 1.41 bits per heavy atom. The number of methoxy groups -OCH3 is 1. The summed E-state index contributed by atoms with van der Waals surface area (Å²) in [6.45, 7) is 0.677. The number of aromatic nitrogens is 1. The second-order valence-electron chi connectivity index (χ2n) is 3.83. The van der Waals surface area contributed by atoms with E-state index >= 15 is 0 Å². The van der Waals surface area contributed by atoms with Gasteiger partial charge >= 0.3 is 0 Å². The Labute approximate surface area is 100 Å². The Hall–Kier alpha value is -1.97. The molecular weight excluding hydrogens is 216 g/mol. The Bertz CT molecular complexity index is 531. The lowest BCUT2D eigenvalue weighted by Gasteiger charge is -2.06. The highest BCUT2D eigenvalue weighted by molar-refractivity contribution is 5.86. The van der Waals surface area contributed by atoms with Crippen LogP contribution in [0.5, 0.6) is 5.75 Å². The molecule has 17 heavy (non-hydrogen) atoms. The predicted octanol–water partition coefficient (Wildman–Crippen LogP) is 1.79. The standard InChI is InChI=1S/C13H16N2O2/c1-14-13(16)7-9-15-8-6-10-11(15)4-3-5-12(10)17-2/h3-6,8H,7,9H2,1-2H3,(H,14,16). The van der Waals surface area contributed by atoms with Crippen LogP contribution in [-0.2, 0) is 11.3 Å². The highest BCUT2D eigenvalue weighted by Crippen LogP contribution is 2.26. The smallest absolute Gasteiger partial charge is 0.221 e. The lowest BCUT2D eigenvalue weighted by Crippen LogP contribution is -2.19. The number of benzene rings is 1. The third kappa shape index (κ3) is 2.25. The van der Waals surface area contributed by atoms with Crippen molar-refractivity contribution in [3.05, 3.63) is 30.5 Å². The maximum Gasteiger partial charge on any atom is 0.221 e. The normalized spacial score (nSPS) is 10.5. The third-order valence-electron chi connectivity index (χ3n) is 2.85. The lowest BCUT2D eigenvalue weighted by molar-refractivity contribution is -0.120. The van der Waals surface area contributed by atoms with E-state index in [0.29, 0.717) is 13.0 Å². The van der Waals surface area contributed by atoms with E-state index in [2.05, 4.69) is 9.88 Å². The zero-order chi connectivity index (χ0) is 12.3. The quantitative estimate of drug-likeness (QED) is 0.873. The molecule has 0 radical (unpaired) electrons. The Balaban J connectivity index is 2.27. The average molecular weight is 232 g/mol. The summed E-state index contributed by atoms with van der Waals surface area (Å²) in [7, 11) is 3.32. The highest BCUT2D eigenvalue weighted by Gasteiger charge is 2.06. The maximum absolute atomic E-state index is 11.2. The van der Waals surface area contributed by atoms with E-state index in [1.165, 1.54) is 0 Å². The van der Waals surface area contributed by atoms with E-state index in [4.69, 9.17) is 4.74 Å². The number of hydrogen-bond donors (Lipinski definition) is 1.